The minimum absolute atomic E-state index is 0.259. The Morgan fingerprint density at radius 1 is 1.07 bits per heavy atom. The van der Waals surface area contributed by atoms with Gasteiger partial charge in [-0.1, -0.05) is 35.4 Å². The van der Waals surface area contributed by atoms with Crippen LogP contribution in [0.25, 0.3) is 5.57 Å². The molecule has 3 rings (SSSR count). The van der Waals surface area contributed by atoms with Crippen molar-refractivity contribution < 1.29 is 14.3 Å². The van der Waals surface area contributed by atoms with E-state index in [0.29, 0.717) is 28.6 Å². The number of rotatable bonds is 5. The van der Waals surface area contributed by atoms with E-state index in [1.165, 1.54) is 12.0 Å². The summed E-state index contributed by atoms with van der Waals surface area (Å²) in [5.41, 5.74) is 4.03. The number of anilines is 1. The SMILES string of the molecule is CCN1C(=O)C(Nc2ccc(OC)c(Cl)c2)=C(c2ccc(C)cc2C)C1=O. The predicted molar refractivity (Wildman–Crippen MR) is 107 cm³/mol. The first-order chi connectivity index (χ1) is 12.9. The molecule has 6 heteroatoms. The van der Waals surface area contributed by atoms with Crippen LogP contribution in [0, 0.1) is 13.8 Å². The lowest BCUT2D eigenvalue weighted by atomic mass is 9.97. The van der Waals surface area contributed by atoms with Crippen LogP contribution in [0.4, 0.5) is 5.69 Å². The van der Waals surface area contributed by atoms with Crippen molar-refractivity contribution in [2.24, 2.45) is 0 Å². The summed E-state index contributed by atoms with van der Waals surface area (Å²) < 4.78 is 5.16. The molecule has 0 saturated carbocycles. The molecule has 1 heterocycles. The first-order valence-corrected chi connectivity index (χ1v) is 9.03. The van der Waals surface area contributed by atoms with E-state index < -0.39 is 0 Å². The zero-order valence-corrected chi connectivity index (χ0v) is 16.5. The molecule has 0 fully saturated rings. The largest absolute Gasteiger partial charge is 0.495 e. The van der Waals surface area contributed by atoms with Crippen molar-refractivity contribution in [3.8, 4) is 5.75 Å². The molecule has 0 saturated heterocycles. The highest BCUT2D eigenvalue weighted by Crippen LogP contribution is 2.34. The normalized spacial score (nSPS) is 14.2. The summed E-state index contributed by atoms with van der Waals surface area (Å²) >= 11 is 6.19. The van der Waals surface area contributed by atoms with Crippen molar-refractivity contribution in [1.82, 2.24) is 4.90 Å². The fourth-order valence-corrected chi connectivity index (χ4v) is 3.47. The number of carbonyl (C=O) groups is 2. The maximum Gasteiger partial charge on any atom is 0.278 e. The van der Waals surface area contributed by atoms with Gasteiger partial charge in [0.05, 0.1) is 17.7 Å². The molecule has 2 aromatic rings. The fraction of sp³-hybridized carbons (Fsp3) is 0.238. The maximum atomic E-state index is 12.9. The standard InChI is InChI=1S/C21H21ClN2O3/c1-5-24-20(25)18(15-8-6-12(2)10-13(15)3)19(21(24)26)23-14-7-9-17(27-4)16(22)11-14/h6-11,23H,5H2,1-4H3. The highest BCUT2D eigenvalue weighted by atomic mass is 35.5. The van der Waals surface area contributed by atoms with E-state index in [0.717, 1.165) is 16.7 Å². The second-order valence-corrected chi connectivity index (χ2v) is 6.80. The molecule has 0 unspecified atom stereocenters. The van der Waals surface area contributed by atoms with Crippen molar-refractivity contribution in [1.29, 1.82) is 0 Å². The molecule has 5 nitrogen and oxygen atoms in total. The molecule has 0 aliphatic carbocycles. The second-order valence-electron chi connectivity index (χ2n) is 6.40. The number of ether oxygens (including phenoxy) is 1. The van der Waals surface area contributed by atoms with Gasteiger partial charge in [0.25, 0.3) is 11.8 Å². The summed E-state index contributed by atoms with van der Waals surface area (Å²) in [6.07, 6.45) is 0. The van der Waals surface area contributed by atoms with E-state index in [9.17, 15) is 9.59 Å². The van der Waals surface area contributed by atoms with Gasteiger partial charge in [-0.2, -0.15) is 0 Å². The van der Waals surface area contributed by atoms with Crippen molar-refractivity contribution in [3.05, 3.63) is 63.8 Å². The fourth-order valence-electron chi connectivity index (χ4n) is 3.21. The van der Waals surface area contributed by atoms with E-state index in [2.05, 4.69) is 5.32 Å². The molecule has 0 atom stereocenters. The number of carbonyl (C=O) groups excluding carboxylic acids is 2. The molecule has 0 aromatic heterocycles. The number of halogens is 1. The van der Waals surface area contributed by atoms with Crippen molar-refractivity contribution in [2.75, 3.05) is 19.0 Å². The van der Waals surface area contributed by atoms with Crippen molar-refractivity contribution in [2.45, 2.75) is 20.8 Å². The van der Waals surface area contributed by atoms with Gasteiger partial charge >= 0.3 is 0 Å². The molecule has 1 aliphatic heterocycles. The van der Waals surface area contributed by atoms with E-state index in [1.54, 1.807) is 25.1 Å². The molecule has 140 valence electrons. The van der Waals surface area contributed by atoms with Gasteiger partial charge in [-0.15, -0.1) is 0 Å². The first kappa shape index (κ1) is 19.0. The van der Waals surface area contributed by atoms with Gasteiger partial charge in [-0.3, -0.25) is 14.5 Å². The Hall–Kier alpha value is -2.79. The van der Waals surface area contributed by atoms with Crippen LogP contribution >= 0.6 is 11.6 Å². The predicted octanol–water partition coefficient (Wildman–Crippen LogP) is 4.18. The lowest BCUT2D eigenvalue weighted by Crippen LogP contribution is -2.32. The molecule has 1 N–H and O–H groups in total. The lowest BCUT2D eigenvalue weighted by Gasteiger charge is -2.12. The smallest absolute Gasteiger partial charge is 0.278 e. The molecule has 0 bridgehead atoms. The van der Waals surface area contributed by atoms with Gasteiger partial charge in [0.2, 0.25) is 0 Å². The number of nitrogens with zero attached hydrogens (tertiary/aromatic N) is 1. The van der Waals surface area contributed by atoms with Crippen LogP contribution in [0.2, 0.25) is 5.02 Å². The highest BCUT2D eigenvalue weighted by Gasteiger charge is 2.38. The Morgan fingerprint density at radius 3 is 2.41 bits per heavy atom. The number of imide groups is 1. The maximum absolute atomic E-state index is 12.9. The quantitative estimate of drug-likeness (QED) is 0.786. The molecule has 2 amide bonds. The van der Waals surface area contributed by atoms with Gasteiger partial charge in [-0.25, -0.2) is 0 Å². The zero-order chi connectivity index (χ0) is 19.7. The Bertz CT molecular complexity index is 966. The van der Waals surface area contributed by atoms with Crippen LogP contribution in [0.1, 0.15) is 23.6 Å². The third-order valence-corrected chi connectivity index (χ3v) is 4.85. The highest BCUT2D eigenvalue weighted by molar-refractivity contribution is 6.37. The summed E-state index contributed by atoms with van der Waals surface area (Å²) in [6, 6.07) is 10.9. The van der Waals surface area contributed by atoms with Gasteiger partial charge in [0.1, 0.15) is 11.4 Å². The van der Waals surface area contributed by atoms with E-state index in [1.807, 2.05) is 32.0 Å². The molecular weight excluding hydrogens is 364 g/mol. The number of methoxy groups -OCH3 is 1. The van der Waals surface area contributed by atoms with Crippen LogP contribution in [0.15, 0.2) is 42.1 Å². The molecule has 0 spiro atoms. The van der Waals surface area contributed by atoms with Crippen molar-refractivity contribution in [3.63, 3.8) is 0 Å². The zero-order valence-electron chi connectivity index (χ0n) is 15.7. The lowest BCUT2D eigenvalue weighted by molar-refractivity contribution is -0.136. The van der Waals surface area contributed by atoms with Crippen LogP contribution in [0.5, 0.6) is 5.75 Å². The van der Waals surface area contributed by atoms with Crippen LogP contribution < -0.4 is 10.1 Å². The first-order valence-electron chi connectivity index (χ1n) is 8.66. The summed E-state index contributed by atoms with van der Waals surface area (Å²) in [7, 11) is 1.54. The van der Waals surface area contributed by atoms with Crippen LogP contribution in [-0.4, -0.2) is 30.4 Å². The van der Waals surface area contributed by atoms with E-state index >= 15 is 0 Å². The third-order valence-electron chi connectivity index (χ3n) is 4.56. The number of hydrogen-bond donors (Lipinski definition) is 1. The van der Waals surface area contributed by atoms with Crippen molar-refractivity contribution >= 4 is 34.7 Å². The Kier molecular flexibility index (Phi) is 5.24. The number of likely N-dealkylation sites (N-methyl/N-ethyl adjacent to an activating group) is 1. The number of aryl methyl sites for hydroxylation is 2. The van der Waals surface area contributed by atoms with Gasteiger partial charge in [0, 0.05) is 12.2 Å². The third kappa shape index (κ3) is 3.43. The minimum atomic E-state index is -0.343. The number of nitrogens with one attached hydrogen (secondary N) is 1. The van der Waals surface area contributed by atoms with Gasteiger partial charge < -0.3 is 10.1 Å². The average Bonchev–Trinajstić information content (AvgIpc) is 2.85. The summed E-state index contributed by atoms with van der Waals surface area (Å²) in [4.78, 5) is 27.0. The number of amides is 2. The second kappa shape index (κ2) is 7.45. The van der Waals surface area contributed by atoms with Crippen LogP contribution in [-0.2, 0) is 9.59 Å². The minimum Gasteiger partial charge on any atom is -0.495 e. The monoisotopic (exact) mass is 384 g/mol. The van der Waals surface area contributed by atoms with E-state index in [4.69, 9.17) is 16.3 Å². The van der Waals surface area contributed by atoms with Crippen LogP contribution in [0.3, 0.4) is 0 Å². The Labute approximate surface area is 163 Å². The summed E-state index contributed by atoms with van der Waals surface area (Å²) in [5.74, 6) is -0.101. The average molecular weight is 385 g/mol. The summed E-state index contributed by atoms with van der Waals surface area (Å²) in [5, 5.41) is 3.51. The molecule has 27 heavy (non-hydrogen) atoms. The topological polar surface area (TPSA) is 58.6 Å². The number of benzene rings is 2. The van der Waals surface area contributed by atoms with Gasteiger partial charge in [0.15, 0.2) is 0 Å². The molecular formula is C21H21ClN2O3. The molecule has 1 aliphatic rings. The Balaban J connectivity index is 2.11. The summed E-state index contributed by atoms with van der Waals surface area (Å²) in [6.45, 7) is 6.01. The van der Waals surface area contributed by atoms with Gasteiger partial charge in [-0.05, 0) is 50.1 Å². The Morgan fingerprint density at radius 2 is 1.81 bits per heavy atom. The number of hydrogen-bond acceptors (Lipinski definition) is 4. The molecule has 2 aromatic carbocycles. The van der Waals surface area contributed by atoms with E-state index in [-0.39, 0.29) is 17.5 Å². The molecule has 0 radical (unpaired) electrons.